The fourth-order valence-electron chi connectivity index (χ4n) is 2.45. The summed E-state index contributed by atoms with van der Waals surface area (Å²) in [7, 11) is 0. The minimum atomic E-state index is -1.16. The summed E-state index contributed by atoms with van der Waals surface area (Å²) < 4.78 is 0. The number of hydrogen-bond acceptors (Lipinski definition) is 5. The Bertz CT molecular complexity index is 1030. The third-order valence-electron chi connectivity index (χ3n) is 3.74. The largest absolute Gasteiger partial charge is 0.506 e. The third-order valence-corrected chi connectivity index (χ3v) is 4.32. The Morgan fingerprint density at radius 1 is 1.19 bits per heavy atom. The number of carboxylic acids is 1. The number of amides is 2. The summed E-state index contributed by atoms with van der Waals surface area (Å²) >= 11 is 10.9. The number of phenols is 1. The van der Waals surface area contributed by atoms with Crippen LogP contribution < -0.4 is 10.2 Å². The number of thiocarbonyl (C=S) groups is 1. The fourth-order valence-corrected chi connectivity index (χ4v) is 2.92. The Balaban J connectivity index is 2.03. The molecule has 136 valence electrons. The standard InChI is InChI=1S/C18H11ClN2O5S/c19-13-7-9(4-5-14(13)22)6-12-15(23)20-18(27)21(16(12)24)11-3-1-2-10(8-11)17(25)26/h1-8,22H,(H,25,26)(H,20,23,27). The van der Waals surface area contributed by atoms with Crippen LogP contribution in [0.25, 0.3) is 6.08 Å². The maximum Gasteiger partial charge on any atom is 0.335 e. The van der Waals surface area contributed by atoms with Crippen molar-refractivity contribution in [3.05, 3.63) is 64.2 Å². The summed E-state index contributed by atoms with van der Waals surface area (Å²) in [5, 5.41) is 20.9. The van der Waals surface area contributed by atoms with E-state index in [1.165, 1.54) is 48.5 Å². The number of carbonyl (C=O) groups is 3. The molecule has 7 nitrogen and oxygen atoms in total. The van der Waals surface area contributed by atoms with Crippen molar-refractivity contribution in [3.63, 3.8) is 0 Å². The molecule has 0 saturated carbocycles. The number of halogens is 1. The summed E-state index contributed by atoms with van der Waals surface area (Å²) in [4.78, 5) is 37.3. The first-order valence-corrected chi connectivity index (χ1v) is 8.30. The molecule has 3 rings (SSSR count). The topological polar surface area (TPSA) is 107 Å². The molecule has 2 amide bonds. The van der Waals surface area contributed by atoms with Gasteiger partial charge in [-0.05, 0) is 54.2 Å². The van der Waals surface area contributed by atoms with E-state index in [1.54, 1.807) is 0 Å². The van der Waals surface area contributed by atoms with Crippen LogP contribution >= 0.6 is 23.8 Å². The third kappa shape index (κ3) is 3.67. The van der Waals surface area contributed by atoms with Crippen molar-refractivity contribution in [2.75, 3.05) is 4.90 Å². The highest BCUT2D eigenvalue weighted by molar-refractivity contribution is 7.80. The average Bonchev–Trinajstić information content (AvgIpc) is 2.61. The number of rotatable bonds is 3. The van der Waals surface area contributed by atoms with Gasteiger partial charge in [0.2, 0.25) is 0 Å². The molecule has 1 heterocycles. The zero-order valence-electron chi connectivity index (χ0n) is 13.5. The van der Waals surface area contributed by atoms with Gasteiger partial charge in [0.05, 0.1) is 16.3 Å². The lowest BCUT2D eigenvalue weighted by Gasteiger charge is -2.29. The summed E-state index contributed by atoms with van der Waals surface area (Å²) in [6.45, 7) is 0. The first-order chi connectivity index (χ1) is 12.8. The number of carbonyl (C=O) groups excluding carboxylic acids is 2. The normalized spacial score (nSPS) is 15.8. The minimum Gasteiger partial charge on any atom is -0.506 e. The zero-order valence-corrected chi connectivity index (χ0v) is 15.0. The summed E-state index contributed by atoms with van der Waals surface area (Å²) in [5.74, 6) is -2.70. The molecule has 1 saturated heterocycles. The van der Waals surface area contributed by atoms with Gasteiger partial charge in [-0.25, -0.2) is 4.79 Å². The average molecular weight is 403 g/mol. The Morgan fingerprint density at radius 3 is 2.59 bits per heavy atom. The molecule has 0 radical (unpaired) electrons. The fraction of sp³-hybridized carbons (Fsp3) is 0. The lowest BCUT2D eigenvalue weighted by molar-refractivity contribution is -0.122. The monoisotopic (exact) mass is 402 g/mol. The molecular weight excluding hydrogens is 392 g/mol. The molecule has 0 bridgehead atoms. The minimum absolute atomic E-state index is 0.0316. The lowest BCUT2D eigenvalue weighted by Crippen LogP contribution is -2.54. The van der Waals surface area contributed by atoms with E-state index in [4.69, 9.17) is 28.9 Å². The van der Waals surface area contributed by atoms with Crippen molar-refractivity contribution in [2.45, 2.75) is 0 Å². The van der Waals surface area contributed by atoms with Crippen molar-refractivity contribution < 1.29 is 24.6 Å². The summed E-state index contributed by atoms with van der Waals surface area (Å²) in [6, 6.07) is 9.83. The molecule has 2 aromatic rings. The number of benzene rings is 2. The van der Waals surface area contributed by atoms with Crippen molar-refractivity contribution >= 4 is 58.5 Å². The van der Waals surface area contributed by atoms with Gasteiger partial charge in [-0.2, -0.15) is 0 Å². The molecule has 0 aliphatic carbocycles. The molecule has 1 aliphatic heterocycles. The van der Waals surface area contributed by atoms with E-state index in [0.717, 1.165) is 4.90 Å². The molecule has 0 spiro atoms. The number of nitrogens with one attached hydrogen (secondary N) is 1. The van der Waals surface area contributed by atoms with E-state index in [1.807, 2.05) is 0 Å². The molecule has 3 N–H and O–H groups in total. The van der Waals surface area contributed by atoms with E-state index in [-0.39, 0.29) is 32.7 Å². The molecule has 1 fully saturated rings. The van der Waals surface area contributed by atoms with E-state index in [2.05, 4.69) is 5.32 Å². The SMILES string of the molecule is O=C1NC(=S)N(c2cccc(C(=O)O)c2)C(=O)C1=Cc1ccc(O)c(Cl)c1. The van der Waals surface area contributed by atoms with Crippen LogP contribution in [0.2, 0.25) is 5.02 Å². The smallest absolute Gasteiger partial charge is 0.335 e. The van der Waals surface area contributed by atoms with Gasteiger partial charge in [-0.1, -0.05) is 23.7 Å². The van der Waals surface area contributed by atoms with Gasteiger partial charge in [-0.15, -0.1) is 0 Å². The van der Waals surface area contributed by atoms with Crippen molar-refractivity contribution in [3.8, 4) is 5.75 Å². The zero-order chi connectivity index (χ0) is 19.7. The van der Waals surface area contributed by atoms with Gasteiger partial charge in [0.15, 0.2) is 5.11 Å². The highest BCUT2D eigenvalue weighted by Crippen LogP contribution is 2.27. The predicted molar refractivity (Wildman–Crippen MR) is 103 cm³/mol. The van der Waals surface area contributed by atoms with Crippen LogP contribution in [0.3, 0.4) is 0 Å². The van der Waals surface area contributed by atoms with E-state index in [0.29, 0.717) is 5.56 Å². The maximum absolute atomic E-state index is 12.9. The Morgan fingerprint density at radius 2 is 1.93 bits per heavy atom. The number of hydrogen-bond donors (Lipinski definition) is 3. The Hall–Kier alpha value is -3.23. The van der Waals surface area contributed by atoms with Crippen LogP contribution in [0.15, 0.2) is 48.0 Å². The van der Waals surface area contributed by atoms with E-state index in [9.17, 15) is 19.5 Å². The number of aromatic hydroxyl groups is 1. The lowest BCUT2D eigenvalue weighted by atomic mass is 10.1. The number of anilines is 1. The van der Waals surface area contributed by atoms with Gasteiger partial charge in [-0.3, -0.25) is 19.8 Å². The number of carboxylic acid groups (broad SMARTS) is 1. The van der Waals surface area contributed by atoms with Crippen molar-refractivity contribution in [1.29, 1.82) is 0 Å². The molecule has 1 aliphatic rings. The van der Waals surface area contributed by atoms with Crippen LogP contribution in [0.4, 0.5) is 5.69 Å². The molecule has 9 heteroatoms. The molecule has 0 atom stereocenters. The molecule has 27 heavy (non-hydrogen) atoms. The van der Waals surface area contributed by atoms with Gasteiger partial charge in [0, 0.05) is 0 Å². The Kier molecular flexibility index (Phi) is 4.93. The van der Waals surface area contributed by atoms with E-state index < -0.39 is 17.8 Å². The second-order valence-electron chi connectivity index (χ2n) is 5.52. The summed E-state index contributed by atoms with van der Waals surface area (Å²) in [6.07, 6.45) is 1.30. The summed E-state index contributed by atoms with van der Waals surface area (Å²) in [5.41, 5.74) is 0.379. The van der Waals surface area contributed by atoms with Gasteiger partial charge >= 0.3 is 5.97 Å². The van der Waals surface area contributed by atoms with E-state index >= 15 is 0 Å². The first kappa shape index (κ1) is 18.6. The maximum atomic E-state index is 12.9. The first-order valence-electron chi connectivity index (χ1n) is 7.51. The van der Waals surface area contributed by atoms with Crippen LogP contribution in [0.5, 0.6) is 5.75 Å². The predicted octanol–water partition coefficient (Wildman–Crippen LogP) is 2.58. The molecule has 0 unspecified atom stereocenters. The molecule has 2 aromatic carbocycles. The van der Waals surface area contributed by atoms with Gasteiger partial charge in [0.1, 0.15) is 11.3 Å². The van der Waals surface area contributed by atoms with Crippen LogP contribution in [0, 0.1) is 0 Å². The van der Waals surface area contributed by atoms with Gasteiger partial charge in [0.25, 0.3) is 11.8 Å². The second-order valence-corrected chi connectivity index (χ2v) is 6.32. The highest BCUT2D eigenvalue weighted by atomic mass is 35.5. The quantitative estimate of drug-likeness (QED) is 0.414. The van der Waals surface area contributed by atoms with Crippen molar-refractivity contribution in [2.24, 2.45) is 0 Å². The van der Waals surface area contributed by atoms with Crippen LogP contribution in [-0.2, 0) is 9.59 Å². The molecular formula is C18H11ClN2O5S. The van der Waals surface area contributed by atoms with Crippen molar-refractivity contribution in [1.82, 2.24) is 5.32 Å². The number of phenolic OH excluding ortho intramolecular Hbond substituents is 1. The Labute approximate surface area is 163 Å². The van der Waals surface area contributed by atoms with Crippen LogP contribution in [-0.4, -0.2) is 33.1 Å². The number of nitrogens with zero attached hydrogens (tertiary/aromatic N) is 1. The molecule has 0 aromatic heterocycles. The van der Waals surface area contributed by atoms with Gasteiger partial charge < -0.3 is 10.2 Å². The second kappa shape index (κ2) is 7.18. The van der Waals surface area contributed by atoms with Crippen LogP contribution in [0.1, 0.15) is 15.9 Å². The highest BCUT2D eigenvalue weighted by Gasteiger charge is 2.34. The number of aromatic carboxylic acids is 1.